The highest BCUT2D eigenvalue weighted by Gasteiger charge is 2.10. The van der Waals surface area contributed by atoms with E-state index >= 15 is 0 Å². The monoisotopic (exact) mass is 334 g/mol. The number of anilines is 1. The predicted molar refractivity (Wildman–Crippen MR) is 95.4 cm³/mol. The number of hydrogen-bond acceptors (Lipinski definition) is 3. The Morgan fingerprint density at radius 2 is 1.88 bits per heavy atom. The van der Waals surface area contributed by atoms with Crippen molar-refractivity contribution >= 4 is 17.5 Å². The lowest BCUT2D eigenvalue weighted by Gasteiger charge is -2.10. The minimum atomic E-state index is -0.515. The topological polar surface area (TPSA) is 90.0 Å². The Balaban J connectivity index is 1.79. The van der Waals surface area contributed by atoms with Crippen LogP contribution in [0.3, 0.4) is 0 Å². The Bertz CT molecular complexity index is 916. The summed E-state index contributed by atoms with van der Waals surface area (Å²) in [5, 5.41) is 7.00. The molecule has 3 N–H and O–H groups in total. The number of nitrogens with one attached hydrogen (secondary N) is 1. The Morgan fingerprint density at radius 3 is 2.56 bits per heavy atom. The van der Waals surface area contributed by atoms with Gasteiger partial charge in [-0.05, 0) is 42.3 Å². The maximum absolute atomic E-state index is 12.4. The van der Waals surface area contributed by atoms with E-state index in [0.717, 1.165) is 16.8 Å². The van der Waals surface area contributed by atoms with Gasteiger partial charge in [0, 0.05) is 17.4 Å². The SMILES string of the molecule is Cc1ccc(C(=O)Nc2ccccc2)cc1Cn1cc(C(N)=O)cn1. The Hall–Kier alpha value is -3.41. The molecule has 0 saturated heterocycles. The molecule has 6 heteroatoms. The molecule has 3 rings (SSSR count). The lowest BCUT2D eigenvalue weighted by Crippen LogP contribution is -2.13. The molecule has 0 radical (unpaired) electrons. The fourth-order valence-electron chi connectivity index (χ4n) is 2.46. The van der Waals surface area contributed by atoms with Crippen LogP contribution in [0.15, 0.2) is 60.9 Å². The van der Waals surface area contributed by atoms with Gasteiger partial charge in [0.25, 0.3) is 11.8 Å². The highest BCUT2D eigenvalue weighted by Crippen LogP contribution is 2.15. The van der Waals surface area contributed by atoms with Crippen molar-refractivity contribution in [2.24, 2.45) is 5.73 Å². The van der Waals surface area contributed by atoms with Crippen LogP contribution in [-0.2, 0) is 6.54 Å². The molecular formula is C19H18N4O2. The summed E-state index contributed by atoms with van der Waals surface area (Å²) in [7, 11) is 0. The first-order valence-electron chi connectivity index (χ1n) is 7.81. The van der Waals surface area contributed by atoms with E-state index in [2.05, 4.69) is 10.4 Å². The van der Waals surface area contributed by atoms with Crippen LogP contribution < -0.4 is 11.1 Å². The van der Waals surface area contributed by atoms with Crippen molar-refractivity contribution in [1.29, 1.82) is 0 Å². The van der Waals surface area contributed by atoms with Gasteiger partial charge in [-0.25, -0.2) is 0 Å². The zero-order valence-electron chi connectivity index (χ0n) is 13.8. The molecule has 0 fully saturated rings. The highest BCUT2D eigenvalue weighted by atomic mass is 16.2. The maximum atomic E-state index is 12.4. The standard InChI is InChI=1S/C19H18N4O2/c1-13-7-8-14(19(25)22-17-5-3-2-4-6-17)9-15(13)11-23-12-16(10-21-23)18(20)24/h2-10,12H,11H2,1H3,(H2,20,24)(H,22,25). The third-order valence-corrected chi connectivity index (χ3v) is 3.89. The van der Waals surface area contributed by atoms with Crippen LogP contribution in [0, 0.1) is 6.92 Å². The molecule has 126 valence electrons. The van der Waals surface area contributed by atoms with Gasteiger partial charge < -0.3 is 11.1 Å². The molecule has 0 saturated carbocycles. The minimum Gasteiger partial charge on any atom is -0.366 e. The number of nitrogens with zero attached hydrogens (tertiary/aromatic N) is 2. The highest BCUT2D eigenvalue weighted by molar-refractivity contribution is 6.04. The molecule has 0 aliphatic heterocycles. The first-order chi connectivity index (χ1) is 12.0. The normalized spacial score (nSPS) is 10.4. The van der Waals surface area contributed by atoms with Crippen molar-refractivity contribution in [3.63, 3.8) is 0 Å². The largest absolute Gasteiger partial charge is 0.366 e. The molecule has 0 spiro atoms. The summed E-state index contributed by atoms with van der Waals surface area (Å²) < 4.78 is 1.63. The first-order valence-corrected chi connectivity index (χ1v) is 7.81. The number of benzene rings is 2. The average molecular weight is 334 g/mol. The summed E-state index contributed by atoms with van der Waals surface area (Å²) in [5.74, 6) is -0.690. The number of aromatic nitrogens is 2. The lowest BCUT2D eigenvalue weighted by molar-refractivity contribution is 0.0997. The maximum Gasteiger partial charge on any atom is 0.255 e. The predicted octanol–water partition coefficient (Wildman–Crippen LogP) is 2.59. The van der Waals surface area contributed by atoms with Gasteiger partial charge in [0.2, 0.25) is 0 Å². The molecule has 0 atom stereocenters. The van der Waals surface area contributed by atoms with Gasteiger partial charge >= 0.3 is 0 Å². The summed E-state index contributed by atoms with van der Waals surface area (Å²) in [6.07, 6.45) is 3.03. The molecule has 1 heterocycles. The van der Waals surface area contributed by atoms with Crippen molar-refractivity contribution in [1.82, 2.24) is 9.78 Å². The number of hydrogen-bond donors (Lipinski definition) is 2. The molecule has 3 aromatic rings. The van der Waals surface area contributed by atoms with Gasteiger partial charge in [-0.1, -0.05) is 24.3 Å². The number of nitrogens with two attached hydrogens (primary N) is 1. The summed E-state index contributed by atoms with van der Waals surface area (Å²) in [6.45, 7) is 2.41. The van der Waals surface area contributed by atoms with E-state index in [1.54, 1.807) is 16.9 Å². The van der Waals surface area contributed by atoms with Crippen LogP contribution in [0.25, 0.3) is 0 Å². The molecular weight excluding hydrogens is 316 g/mol. The van der Waals surface area contributed by atoms with Gasteiger partial charge in [0.15, 0.2) is 0 Å². The van der Waals surface area contributed by atoms with Gasteiger partial charge in [0.1, 0.15) is 0 Å². The summed E-state index contributed by atoms with van der Waals surface area (Å²) in [6, 6.07) is 14.8. The fraction of sp³-hybridized carbons (Fsp3) is 0.105. The number of rotatable bonds is 5. The zero-order chi connectivity index (χ0) is 17.8. The molecule has 25 heavy (non-hydrogen) atoms. The lowest BCUT2D eigenvalue weighted by atomic mass is 10.0. The second-order valence-corrected chi connectivity index (χ2v) is 5.75. The van der Waals surface area contributed by atoms with Crippen LogP contribution in [0.1, 0.15) is 31.8 Å². The van der Waals surface area contributed by atoms with Crippen molar-refractivity contribution < 1.29 is 9.59 Å². The van der Waals surface area contributed by atoms with Crippen molar-refractivity contribution in [2.75, 3.05) is 5.32 Å². The molecule has 6 nitrogen and oxygen atoms in total. The Labute approximate surface area is 145 Å². The van der Waals surface area contributed by atoms with E-state index in [-0.39, 0.29) is 5.91 Å². The van der Waals surface area contributed by atoms with Gasteiger partial charge in [-0.2, -0.15) is 5.10 Å². The number of primary amides is 1. The van der Waals surface area contributed by atoms with E-state index in [4.69, 9.17) is 5.73 Å². The van der Waals surface area contributed by atoms with Crippen LogP contribution in [0.2, 0.25) is 0 Å². The number of aryl methyl sites for hydroxylation is 1. The molecule has 2 aromatic carbocycles. The quantitative estimate of drug-likeness (QED) is 0.751. The van der Waals surface area contributed by atoms with E-state index in [1.165, 1.54) is 6.20 Å². The third kappa shape index (κ3) is 3.92. The molecule has 0 bridgehead atoms. The van der Waals surface area contributed by atoms with Crippen LogP contribution >= 0.6 is 0 Å². The average Bonchev–Trinajstić information content (AvgIpc) is 3.06. The van der Waals surface area contributed by atoms with Gasteiger partial charge in [0.05, 0.1) is 18.3 Å². The number of para-hydroxylation sites is 1. The summed E-state index contributed by atoms with van der Waals surface area (Å²) in [5.41, 5.74) is 8.88. The smallest absolute Gasteiger partial charge is 0.255 e. The molecule has 0 unspecified atom stereocenters. The number of carbonyl (C=O) groups excluding carboxylic acids is 2. The van der Waals surface area contributed by atoms with Crippen molar-refractivity contribution in [3.8, 4) is 0 Å². The van der Waals surface area contributed by atoms with E-state index in [1.807, 2.05) is 49.4 Å². The fourth-order valence-corrected chi connectivity index (χ4v) is 2.46. The summed E-state index contributed by atoms with van der Waals surface area (Å²) >= 11 is 0. The van der Waals surface area contributed by atoms with Crippen molar-refractivity contribution in [3.05, 3.63) is 83.2 Å². The van der Waals surface area contributed by atoms with E-state index in [0.29, 0.717) is 17.7 Å². The molecule has 1 aromatic heterocycles. The second kappa shape index (κ2) is 7.00. The van der Waals surface area contributed by atoms with Crippen LogP contribution in [-0.4, -0.2) is 21.6 Å². The Kier molecular flexibility index (Phi) is 4.61. The third-order valence-electron chi connectivity index (χ3n) is 3.89. The van der Waals surface area contributed by atoms with Crippen LogP contribution in [0.5, 0.6) is 0 Å². The van der Waals surface area contributed by atoms with Gasteiger partial charge in [-0.15, -0.1) is 0 Å². The van der Waals surface area contributed by atoms with E-state index in [9.17, 15) is 9.59 Å². The van der Waals surface area contributed by atoms with Crippen molar-refractivity contribution in [2.45, 2.75) is 13.5 Å². The van der Waals surface area contributed by atoms with Crippen LogP contribution in [0.4, 0.5) is 5.69 Å². The van der Waals surface area contributed by atoms with E-state index < -0.39 is 5.91 Å². The first kappa shape index (κ1) is 16.4. The minimum absolute atomic E-state index is 0.175. The second-order valence-electron chi connectivity index (χ2n) is 5.75. The molecule has 0 aliphatic carbocycles. The zero-order valence-corrected chi connectivity index (χ0v) is 13.8. The number of carbonyl (C=O) groups is 2. The Morgan fingerprint density at radius 1 is 1.12 bits per heavy atom. The molecule has 0 aliphatic rings. The molecule has 2 amide bonds. The summed E-state index contributed by atoms with van der Waals surface area (Å²) in [4.78, 5) is 23.6. The van der Waals surface area contributed by atoms with Gasteiger partial charge in [-0.3, -0.25) is 14.3 Å². The number of amides is 2.